The molecule has 2 unspecified atom stereocenters. The number of carbonyl (C=O) groups excluding carboxylic acids is 1. The zero-order valence-corrected chi connectivity index (χ0v) is 18.6. The standard InChI is InChI=1S/C21H22ClF4N3O4/c1-19(2,3)33-18(30)28-14-8-32-17-11(14)7-15(20(31,9-27)21(24,25)26)29-16(17)10-4-5-13(23)12(22)6-10/h4-7,14,31H,8-9,27H2,1-3H3,(H,28,30). The predicted molar refractivity (Wildman–Crippen MR) is 111 cm³/mol. The first kappa shape index (κ1) is 25.0. The average Bonchev–Trinajstić information content (AvgIpc) is 3.09. The van der Waals surface area contributed by atoms with Gasteiger partial charge in [0.2, 0.25) is 5.60 Å². The first-order chi connectivity index (χ1) is 15.2. The van der Waals surface area contributed by atoms with Crippen LogP contribution in [-0.2, 0) is 10.3 Å². The molecule has 1 aromatic carbocycles. The summed E-state index contributed by atoms with van der Waals surface area (Å²) in [5.74, 6) is -0.698. The van der Waals surface area contributed by atoms with Gasteiger partial charge in [0, 0.05) is 17.7 Å². The molecule has 1 aromatic heterocycles. The zero-order valence-electron chi connectivity index (χ0n) is 17.9. The number of benzene rings is 1. The van der Waals surface area contributed by atoms with Gasteiger partial charge in [-0.15, -0.1) is 0 Å². The number of halogens is 5. The van der Waals surface area contributed by atoms with Gasteiger partial charge in [0.15, 0.2) is 5.75 Å². The SMILES string of the molecule is CC(C)(C)OC(=O)NC1COc2c1cc(C(O)(CN)C(F)(F)F)nc2-c1ccc(F)c(Cl)c1. The van der Waals surface area contributed by atoms with Gasteiger partial charge in [-0.3, -0.25) is 0 Å². The molecule has 12 heteroatoms. The Balaban J connectivity index is 2.16. The second kappa shape index (κ2) is 8.62. The summed E-state index contributed by atoms with van der Waals surface area (Å²) < 4.78 is 65.7. The summed E-state index contributed by atoms with van der Waals surface area (Å²) in [7, 11) is 0. The number of rotatable bonds is 4. The van der Waals surface area contributed by atoms with E-state index in [2.05, 4.69) is 10.3 Å². The maximum absolute atomic E-state index is 13.7. The van der Waals surface area contributed by atoms with Gasteiger partial charge in [0.25, 0.3) is 0 Å². The highest BCUT2D eigenvalue weighted by atomic mass is 35.5. The number of nitrogens with zero attached hydrogens (tertiary/aromatic N) is 1. The lowest BCUT2D eigenvalue weighted by Crippen LogP contribution is -2.49. The van der Waals surface area contributed by atoms with Crippen LogP contribution in [0.4, 0.5) is 22.4 Å². The van der Waals surface area contributed by atoms with Crippen LogP contribution < -0.4 is 15.8 Å². The number of alkyl halides is 3. The number of hydrogen-bond acceptors (Lipinski definition) is 6. The topological polar surface area (TPSA) is 107 Å². The minimum atomic E-state index is -5.16. The normalized spacial score (nSPS) is 17.7. The Hall–Kier alpha value is -2.63. The number of carbonyl (C=O) groups is 1. The van der Waals surface area contributed by atoms with Gasteiger partial charge in [-0.2, -0.15) is 13.2 Å². The number of ether oxygens (including phenoxy) is 2. The number of amides is 1. The lowest BCUT2D eigenvalue weighted by Gasteiger charge is -2.29. The summed E-state index contributed by atoms with van der Waals surface area (Å²) in [5, 5.41) is 12.6. The van der Waals surface area contributed by atoms with Crippen LogP contribution in [0, 0.1) is 5.82 Å². The molecular formula is C21H22ClF4N3O4. The van der Waals surface area contributed by atoms with E-state index in [1.54, 1.807) is 20.8 Å². The number of aliphatic hydroxyl groups is 1. The summed E-state index contributed by atoms with van der Waals surface area (Å²) in [5.41, 5.74) is 0.286. The molecule has 0 saturated carbocycles. The molecule has 2 atom stereocenters. The van der Waals surface area contributed by atoms with Crippen molar-refractivity contribution < 1.29 is 36.9 Å². The summed E-state index contributed by atoms with van der Waals surface area (Å²) >= 11 is 5.84. The quantitative estimate of drug-likeness (QED) is 0.553. The van der Waals surface area contributed by atoms with Crippen LogP contribution in [0.25, 0.3) is 11.3 Å². The Morgan fingerprint density at radius 1 is 1.33 bits per heavy atom. The highest BCUT2D eigenvalue weighted by molar-refractivity contribution is 6.31. The van der Waals surface area contributed by atoms with Crippen molar-refractivity contribution in [3.63, 3.8) is 0 Å². The van der Waals surface area contributed by atoms with Crippen molar-refractivity contribution in [2.24, 2.45) is 5.73 Å². The zero-order chi connectivity index (χ0) is 24.8. The molecule has 7 nitrogen and oxygen atoms in total. The summed E-state index contributed by atoms with van der Waals surface area (Å²) in [6.07, 6.45) is -5.98. The fraction of sp³-hybridized carbons (Fsp3) is 0.429. The summed E-state index contributed by atoms with van der Waals surface area (Å²) in [6, 6.07) is 3.49. The number of aromatic nitrogens is 1. The molecule has 0 aliphatic carbocycles. The van der Waals surface area contributed by atoms with Crippen molar-refractivity contribution in [1.82, 2.24) is 10.3 Å². The minimum Gasteiger partial charge on any atom is -0.488 e. The van der Waals surface area contributed by atoms with Crippen molar-refractivity contribution in [3.05, 3.63) is 46.4 Å². The Morgan fingerprint density at radius 3 is 2.55 bits per heavy atom. The fourth-order valence-electron chi connectivity index (χ4n) is 3.21. The number of fused-ring (bicyclic) bond motifs is 1. The lowest BCUT2D eigenvalue weighted by molar-refractivity contribution is -0.263. The van der Waals surface area contributed by atoms with Crippen LogP contribution >= 0.6 is 11.6 Å². The second-order valence-corrected chi connectivity index (χ2v) is 8.88. The molecule has 4 N–H and O–H groups in total. The van der Waals surface area contributed by atoms with E-state index in [4.69, 9.17) is 26.8 Å². The molecule has 1 amide bonds. The molecule has 0 spiro atoms. The summed E-state index contributed by atoms with van der Waals surface area (Å²) in [6.45, 7) is 3.59. The number of alkyl carbamates (subject to hydrolysis) is 1. The van der Waals surface area contributed by atoms with E-state index in [0.717, 1.165) is 18.2 Å². The molecule has 0 saturated heterocycles. The molecule has 3 rings (SSSR count). The third kappa shape index (κ3) is 4.99. The summed E-state index contributed by atoms with van der Waals surface area (Å²) in [4.78, 5) is 16.2. The van der Waals surface area contributed by atoms with Crippen molar-refractivity contribution in [2.45, 2.75) is 44.2 Å². The number of nitrogens with two attached hydrogens (primary N) is 1. The van der Waals surface area contributed by atoms with Gasteiger partial charge in [-0.25, -0.2) is 14.2 Å². The van der Waals surface area contributed by atoms with E-state index in [-0.39, 0.29) is 34.2 Å². The molecule has 1 aliphatic rings. The maximum Gasteiger partial charge on any atom is 0.424 e. The number of pyridine rings is 1. The van der Waals surface area contributed by atoms with Gasteiger partial charge >= 0.3 is 12.3 Å². The van der Waals surface area contributed by atoms with Crippen LogP contribution in [0.5, 0.6) is 5.75 Å². The van der Waals surface area contributed by atoms with Gasteiger partial charge in [0.05, 0.1) is 16.8 Å². The third-order valence-electron chi connectivity index (χ3n) is 4.84. The van der Waals surface area contributed by atoms with E-state index < -0.39 is 47.6 Å². The van der Waals surface area contributed by atoms with Gasteiger partial charge < -0.3 is 25.6 Å². The molecule has 180 valence electrons. The molecule has 0 radical (unpaired) electrons. The largest absolute Gasteiger partial charge is 0.488 e. The molecular weight excluding hydrogens is 470 g/mol. The monoisotopic (exact) mass is 491 g/mol. The van der Waals surface area contributed by atoms with E-state index >= 15 is 0 Å². The van der Waals surface area contributed by atoms with Crippen LogP contribution in [-0.4, -0.2) is 41.1 Å². The minimum absolute atomic E-state index is 0.0454. The third-order valence-corrected chi connectivity index (χ3v) is 5.13. The van der Waals surface area contributed by atoms with Crippen molar-refractivity contribution in [3.8, 4) is 17.0 Å². The Labute approximate surface area is 191 Å². The van der Waals surface area contributed by atoms with Crippen molar-refractivity contribution in [1.29, 1.82) is 0 Å². The highest BCUT2D eigenvalue weighted by Gasteiger charge is 2.56. The predicted octanol–water partition coefficient (Wildman–Crippen LogP) is 4.21. The van der Waals surface area contributed by atoms with Gasteiger partial charge in [-0.1, -0.05) is 11.6 Å². The molecule has 1 aliphatic heterocycles. The van der Waals surface area contributed by atoms with Crippen molar-refractivity contribution >= 4 is 17.7 Å². The van der Waals surface area contributed by atoms with E-state index in [1.807, 2.05) is 0 Å². The van der Waals surface area contributed by atoms with Crippen LogP contribution in [0.2, 0.25) is 5.02 Å². The Bertz CT molecular complexity index is 1070. The molecule has 2 heterocycles. The Morgan fingerprint density at radius 2 is 2.00 bits per heavy atom. The van der Waals surface area contributed by atoms with E-state index in [0.29, 0.717) is 0 Å². The average molecular weight is 492 g/mol. The van der Waals surface area contributed by atoms with Crippen molar-refractivity contribution in [2.75, 3.05) is 13.2 Å². The molecule has 2 aromatic rings. The maximum atomic E-state index is 13.7. The molecule has 0 fully saturated rings. The lowest BCUT2D eigenvalue weighted by atomic mass is 9.94. The smallest absolute Gasteiger partial charge is 0.424 e. The first-order valence-electron chi connectivity index (χ1n) is 9.78. The molecule has 0 bridgehead atoms. The number of hydrogen-bond donors (Lipinski definition) is 3. The van der Waals surface area contributed by atoms with Gasteiger partial charge in [0.1, 0.15) is 23.7 Å². The number of nitrogens with one attached hydrogen (secondary N) is 1. The second-order valence-electron chi connectivity index (χ2n) is 8.48. The van der Waals surface area contributed by atoms with Crippen LogP contribution in [0.1, 0.15) is 38.1 Å². The van der Waals surface area contributed by atoms with Crippen LogP contribution in [0.15, 0.2) is 24.3 Å². The highest BCUT2D eigenvalue weighted by Crippen LogP contribution is 2.45. The van der Waals surface area contributed by atoms with Gasteiger partial charge in [-0.05, 0) is 45.0 Å². The van der Waals surface area contributed by atoms with E-state index in [9.17, 15) is 27.5 Å². The molecule has 33 heavy (non-hydrogen) atoms. The van der Waals surface area contributed by atoms with E-state index in [1.165, 1.54) is 6.07 Å². The first-order valence-corrected chi connectivity index (χ1v) is 10.2. The fourth-order valence-corrected chi connectivity index (χ4v) is 3.39. The Kier molecular flexibility index (Phi) is 6.53. The van der Waals surface area contributed by atoms with Crippen LogP contribution in [0.3, 0.4) is 0 Å².